The van der Waals surface area contributed by atoms with Crippen molar-refractivity contribution in [3.63, 3.8) is 0 Å². The molecule has 28 heavy (non-hydrogen) atoms. The number of furan rings is 1. The van der Waals surface area contributed by atoms with Crippen LogP contribution in [0.4, 0.5) is 20.4 Å². The maximum Gasteiger partial charge on any atom is 0.295 e. The molecule has 0 spiro atoms. The van der Waals surface area contributed by atoms with Gasteiger partial charge in [-0.3, -0.25) is 9.69 Å². The minimum atomic E-state index is -2.49. The first kappa shape index (κ1) is 18.7. The van der Waals surface area contributed by atoms with Gasteiger partial charge < -0.3 is 9.32 Å². The van der Waals surface area contributed by atoms with Gasteiger partial charge in [0.25, 0.3) is 11.7 Å². The number of carbonyl (C=O) groups is 1. The first-order valence-electron chi connectivity index (χ1n) is 8.81. The van der Waals surface area contributed by atoms with E-state index in [1.165, 1.54) is 6.07 Å². The highest BCUT2D eigenvalue weighted by Gasteiger charge is 2.29. The number of fused-ring (bicyclic) bond motifs is 2. The third-order valence-corrected chi connectivity index (χ3v) is 5.20. The average Bonchev–Trinajstić information content (AvgIpc) is 3.11. The van der Waals surface area contributed by atoms with Crippen LogP contribution < -0.4 is 9.80 Å². The molecule has 0 saturated carbocycles. The first-order valence-corrected chi connectivity index (χ1v) is 9.86. The number of aromatic nitrogens is 2. The summed E-state index contributed by atoms with van der Waals surface area (Å²) in [4.78, 5) is 26.0. The molecule has 2 aromatic heterocycles. The normalized spacial score (nSPS) is 14.4. The van der Waals surface area contributed by atoms with E-state index < -0.39 is 5.76 Å². The van der Waals surface area contributed by atoms with Crippen molar-refractivity contribution in [3.8, 4) is 0 Å². The second kappa shape index (κ2) is 7.75. The highest BCUT2D eigenvalue weighted by atomic mass is 32.2. The highest BCUT2D eigenvalue weighted by Crippen LogP contribution is 2.31. The fraction of sp³-hybridized carbons (Fsp3) is 0.316. The molecule has 0 N–H and O–H groups in total. The van der Waals surface area contributed by atoms with Gasteiger partial charge in [0.2, 0.25) is 0 Å². The van der Waals surface area contributed by atoms with Crippen molar-refractivity contribution in [3.05, 3.63) is 47.9 Å². The van der Waals surface area contributed by atoms with Crippen molar-refractivity contribution in [2.24, 2.45) is 0 Å². The lowest BCUT2D eigenvalue weighted by atomic mass is 10.3. The minimum Gasteiger partial charge on any atom is -0.455 e. The van der Waals surface area contributed by atoms with Crippen LogP contribution in [0.3, 0.4) is 0 Å². The SMILES string of the molecule is CN1CCCN(C(=O)c2ccc(CSC(F)F)o2)c2nc3ccccc3nc21. The van der Waals surface area contributed by atoms with Gasteiger partial charge >= 0.3 is 0 Å². The smallest absolute Gasteiger partial charge is 0.295 e. The Bertz CT molecular complexity index is 1010. The summed E-state index contributed by atoms with van der Waals surface area (Å²) in [5.74, 6) is -1.28. The third kappa shape index (κ3) is 3.66. The van der Waals surface area contributed by atoms with E-state index in [9.17, 15) is 13.6 Å². The number of anilines is 2. The molecular weight excluding hydrogens is 386 g/mol. The fourth-order valence-electron chi connectivity index (χ4n) is 3.14. The molecule has 0 fully saturated rings. The van der Waals surface area contributed by atoms with Gasteiger partial charge in [0.05, 0.1) is 16.8 Å². The van der Waals surface area contributed by atoms with E-state index >= 15 is 0 Å². The first-order chi connectivity index (χ1) is 13.5. The van der Waals surface area contributed by atoms with Crippen molar-refractivity contribution in [1.82, 2.24) is 9.97 Å². The molecule has 146 valence electrons. The monoisotopic (exact) mass is 404 g/mol. The van der Waals surface area contributed by atoms with Gasteiger partial charge in [0, 0.05) is 20.1 Å². The molecule has 0 aliphatic carbocycles. The predicted molar refractivity (Wildman–Crippen MR) is 105 cm³/mol. The van der Waals surface area contributed by atoms with Crippen LogP contribution >= 0.6 is 11.8 Å². The van der Waals surface area contributed by atoms with Gasteiger partial charge in [-0.1, -0.05) is 23.9 Å². The molecule has 0 bridgehead atoms. The summed E-state index contributed by atoms with van der Waals surface area (Å²) in [6, 6.07) is 10.6. The van der Waals surface area contributed by atoms with E-state index in [-0.39, 0.29) is 17.4 Å². The maximum atomic E-state index is 13.1. The van der Waals surface area contributed by atoms with Gasteiger partial charge in [-0.15, -0.1) is 0 Å². The van der Waals surface area contributed by atoms with E-state index in [4.69, 9.17) is 4.42 Å². The number of benzene rings is 1. The topological polar surface area (TPSA) is 62.5 Å². The molecule has 3 aromatic rings. The number of alkyl halides is 2. The molecule has 0 unspecified atom stereocenters. The molecule has 4 rings (SSSR count). The van der Waals surface area contributed by atoms with Crippen LogP contribution in [0.2, 0.25) is 0 Å². The van der Waals surface area contributed by atoms with Crippen LogP contribution in [0.25, 0.3) is 11.0 Å². The minimum absolute atomic E-state index is 0.00865. The van der Waals surface area contributed by atoms with Crippen LogP contribution in [0.15, 0.2) is 40.8 Å². The summed E-state index contributed by atoms with van der Waals surface area (Å²) in [7, 11) is 1.92. The number of carbonyl (C=O) groups excluding carboxylic acids is 1. The van der Waals surface area contributed by atoms with Crippen LogP contribution in [-0.4, -0.2) is 41.8 Å². The molecule has 1 aromatic carbocycles. The van der Waals surface area contributed by atoms with Crippen molar-refractivity contribution in [1.29, 1.82) is 0 Å². The van der Waals surface area contributed by atoms with Gasteiger partial charge in [0.1, 0.15) is 5.76 Å². The number of hydrogen-bond acceptors (Lipinski definition) is 6. The lowest BCUT2D eigenvalue weighted by Crippen LogP contribution is -2.32. The van der Waals surface area contributed by atoms with Crippen LogP contribution in [0.1, 0.15) is 22.7 Å². The quantitative estimate of drug-likeness (QED) is 0.651. The molecule has 1 aliphatic heterocycles. The van der Waals surface area contributed by atoms with E-state index in [1.807, 2.05) is 36.2 Å². The van der Waals surface area contributed by atoms with Gasteiger partial charge in [-0.05, 0) is 30.7 Å². The average molecular weight is 404 g/mol. The van der Waals surface area contributed by atoms with Crippen molar-refractivity contribution >= 4 is 40.3 Å². The van der Waals surface area contributed by atoms with Crippen molar-refractivity contribution in [2.45, 2.75) is 17.9 Å². The van der Waals surface area contributed by atoms with Gasteiger partial charge in [0.15, 0.2) is 17.4 Å². The number of thioether (sulfide) groups is 1. The molecule has 6 nitrogen and oxygen atoms in total. The predicted octanol–water partition coefficient (Wildman–Crippen LogP) is 4.17. The van der Waals surface area contributed by atoms with Crippen LogP contribution in [0, 0.1) is 0 Å². The molecule has 0 saturated heterocycles. The van der Waals surface area contributed by atoms with Crippen LogP contribution in [0.5, 0.6) is 0 Å². The largest absolute Gasteiger partial charge is 0.455 e. The number of amides is 1. The van der Waals surface area contributed by atoms with Crippen molar-refractivity contribution in [2.75, 3.05) is 29.9 Å². The Labute approximate surface area is 164 Å². The Morgan fingerprint density at radius 2 is 1.86 bits per heavy atom. The lowest BCUT2D eigenvalue weighted by molar-refractivity contribution is 0.0958. The fourth-order valence-corrected chi connectivity index (χ4v) is 3.59. The summed E-state index contributed by atoms with van der Waals surface area (Å²) < 4.78 is 30.3. The summed E-state index contributed by atoms with van der Waals surface area (Å²) >= 11 is 0.458. The molecule has 9 heteroatoms. The Morgan fingerprint density at radius 1 is 1.14 bits per heavy atom. The van der Waals surface area contributed by atoms with Gasteiger partial charge in [-0.25, -0.2) is 9.97 Å². The van der Waals surface area contributed by atoms with Gasteiger partial charge in [-0.2, -0.15) is 8.78 Å². The number of hydrogen-bond donors (Lipinski definition) is 0. The lowest BCUT2D eigenvalue weighted by Gasteiger charge is -2.22. The summed E-state index contributed by atoms with van der Waals surface area (Å²) in [5, 5.41) is 0. The standard InChI is InChI=1S/C19H18F2N4O2S/c1-24-9-4-10-25(17-16(24)22-13-5-2-3-6-14(13)23-17)18(26)15-8-7-12(27-15)11-28-19(20)21/h2-3,5-8,19H,4,9-11H2,1H3. The Balaban J connectivity index is 1.69. The van der Waals surface area contributed by atoms with E-state index in [2.05, 4.69) is 9.97 Å². The maximum absolute atomic E-state index is 13.1. The second-order valence-corrected chi connectivity index (χ2v) is 7.41. The summed E-state index contributed by atoms with van der Waals surface area (Å²) in [6.45, 7) is 1.20. The molecular formula is C19H18F2N4O2S. The number of halogens is 2. The van der Waals surface area contributed by atoms with E-state index in [0.29, 0.717) is 41.2 Å². The molecule has 1 amide bonds. The van der Waals surface area contributed by atoms with Crippen LogP contribution in [-0.2, 0) is 5.75 Å². The molecule has 3 heterocycles. The number of para-hydroxylation sites is 2. The summed E-state index contributed by atoms with van der Waals surface area (Å²) in [6.07, 6.45) is 0.741. The molecule has 0 atom stereocenters. The van der Waals surface area contributed by atoms with E-state index in [1.54, 1.807) is 11.0 Å². The van der Waals surface area contributed by atoms with E-state index in [0.717, 1.165) is 18.5 Å². The third-order valence-electron chi connectivity index (χ3n) is 4.50. The number of nitrogens with zero attached hydrogens (tertiary/aromatic N) is 4. The Morgan fingerprint density at radius 3 is 2.57 bits per heavy atom. The zero-order chi connectivity index (χ0) is 19.7. The Hall–Kier alpha value is -2.68. The zero-order valence-electron chi connectivity index (χ0n) is 15.1. The van der Waals surface area contributed by atoms with Crippen molar-refractivity contribution < 1.29 is 18.0 Å². The highest BCUT2D eigenvalue weighted by molar-refractivity contribution is 7.98. The second-order valence-electron chi connectivity index (χ2n) is 6.43. The number of rotatable bonds is 4. The molecule has 0 radical (unpaired) electrons. The Kier molecular flexibility index (Phi) is 5.17. The molecule has 1 aliphatic rings. The summed E-state index contributed by atoms with van der Waals surface area (Å²) in [5.41, 5.74) is 1.45. The zero-order valence-corrected chi connectivity index (χ0v) is 16.0.